The molecule has 1 N–H and O–H groups in total. The third-order valence-corrected chi connectivity index (χ3v) is 3.81. The van der Waals surface area contributed by atoms with Crippen LogP contribution < -0.4 is 5.32 Å². The lowest BCUT2D eigenvalue weighted by Crippen LogP contribution is -2.33. The van der Waals surface area contributed by atoms with E-state index in [0.717, 1.165) is 38.2 Å². The second-order valence-electron chi connectivity index (χ2n) is 5.33. The zero-order chi connectivity index (χ0) is 14.4. The molecule has 1 heterocycles. The Morgan fingerprint density at radius 3 is 2.85 bits per heavy atom. The number of nitrogens with zero attached hydrogens (tertiary/aromatic N) is 2. The highest BCUT2D eigenvalue weighted by Crippen LogP contribution is 2.29. The molecule has 4 heteroatoms. The number of likely N-dealkylation sites (tertiary alicyclic amines) is 1. The number of nitrogens with one attached hydrogen (secondary N) is 1. The molecular formula is C16H21N3O. The quantitative estimate of drug-likeness (QED) is 0.916. The normalized spacial score (nSPS) is 16.6. The number of piperidine rings is 1. The van der Waals surface area contributed by atoms with Crippen molar-refractivity contribution in [3.05, 3.63) is 29.8 Å². The van der Waals surface area contributed by atoms with Gasteiger partial charge in [0, 0.05) is 25.6 Å². The van der Waals surface area contributed by atoms with Crippen LogP contribution in [0, 0.1) is 11.3 Å². The van der Waals surface area contributed by atoms with Gasteiger partial charge >= 0.3 is 0 Å². The molecule has 1 saturated heterocycles. The molecule has 0 radical (unpaired) electrons. The number of anilines is 1. The van der Waals surface area contributed by atoms with Gasteiger partial charge in [-0.1, -0.05) is 12.1 Å². The number of carbonyl (C=O) groups excluding carboxylic acids is 1. The van der Waals surface area contributed by atoms with E-state index < -0.39 is 0 Å². The van der Waals surface area contributed by atoms with Gasteiger partial charge in [-0.3, -0.25) is 4.79 Å². The molecule has 20 heavy (non-hydrogen) atoms. The third kappa shape index (κ3) is 4.07. The number of benzene rings is 1. The van der Waals surface area contributed by atoms with Gasteiger partial charge in [-0.25, -0.2) is 0 Å². The summed E-state index contributed by atoms with van der Waals surface area (Å²) in [5.74, 6) is 0.524. The Bertz CT molecular complexity index is 499. The predicted octanol–water partition coefficient (Wildman–Crippen LogP) is 2.74. The van der Waals surface area contributed by atoms with Gasteiger partial charge in [0.2, 0.25) is 5.91 Å². The molecule has 1 aliphatic heterocycles. The molecule has 1 aliphatic rings. The van der Waals surface area contributed by atoms with Crippen molar-refractivity contribution >= 4 is 11.6 Å². The second kappa shape index (κ2) is 7.06. The Morgan fingerprint density at radius 1 is 1.45 bits per heavy atom. The Hall–Kier alpha value is -1.86. The standard InChI is InChI=1S/C16H21N3O/c1-13(20)18-16-5-2-4-15(12-16)14-6-10-19(11-7-14)9-3-8-17/h2,4-5,12,14H,3,6-7,9-11H2,1H3,(H,18,20). The van der Waals surface area contributed by atoms with E-state index in [9.17, 15) is 4.79 Å². The fourth-order valence-electron chi connectivity index (χ4n) is 2.77. The van der Waals surface area contributed by atoms with Crippen LogP contribution >= 0.6 is 0 Å². The lowest BCUT2D eigenvalue weighted by atomic mass is 9.89. The SMILES string of the molecule is CC(=O)Nc1cccc(C2CCN(CCC#N)CC2)c1. The van der Waals surface area contributed by atoms with Gasteiger partial charge < -0.3 is 10.2 Å². The number of nitriles is 1. The highest BCUT2D eigenvalue weighted by Gasteiger charge is 2.20. The molecule has 0 spiro atoms. The lowest BCUT2D eigenvalue weighted by Gasteiger charge is -2.31. The maximum Gasteiger partial charge on any atom is 0.221 e. The third-order valence-electron chi connectivity index (χ3n) is 3.81. The van der Waals surface area contributed by atoms with E-state index in [1.807, 2.05) is 12.1 Å². The van der Waals surface area contributed by atoms with Gasteiger partial charge in [-0.2, -0.15) is 5.26 Å². The van der Waals surface area contributed by atoms with Gasteiger partial charge in [0.1, 0.15) is 0 Å². The maximum absolute atomic E-state index is 11.1. The lowest BCUT2D eigenvalue weighted by molar-refractivity contribution is -0.114. The topological polar surface area (TPSA) is 56.1 Å². The predicted molar refractivity (Wildman–Crippen MR) is 79.4 cm³/mol. The van der Waals surface area contributed by atoms with Gasteiger partial charge in [0.05, 0.1) is 6.07 Å². The smallest absolute Gasteiger partial charge is 0.221 e. The molecule has 0 aliphatic carbocycles. The largest absolute Gasteiger partial charge is 0.326 e. The Kier molecular flexibility index (Phi) is 5.14. The summed E-state index contributed by atoms with van der Waals surface area (Å²) in [4.78, 5) is 13.5. The molecule has 1 aromatic rings. The van der Waals surface area contributed by atoms with Crippen LogP contribution in [0.5, 0.6) is 0 Å². The highest BCUT2D eigenvalue weighted by atomic mass is 16.1. The Balaban J connectivity index is 1.93. The molecule has 2 rings (SSSR count). The number of hydrogen-bond acceptors (Lipinski definition) is 3. The molecule has 0 unspecified atom stereocenters. The minimum atomic E-state index is -0.0338. The molecule has 1 aromatic carbocycles. The average Bonchev–Trinajstić information content (AvgIpc) is 2.45. The molecule has 0 aromatic heterocycles. The van der Waals surface area contributed by atoms with E-state index >= 15 is 0 Å². The number of rotatable bonds is 4. The van der Waals surface area contributed by atoms with Crippen molar-refractivity contribution in [3.8, 4) is 6.07 Å². The monoisotopic (exact) mass is 271 g/mol. The number of carbonyl (C=O) groups is 1. The van der Waals surface area contributed by atoms with E-state index in [0.29, 0.717) is 12.3 Å². The summed E-state index contributed by atoms with van der Waals surface area (Å²) in [6.07, 6.45) is 2.85. The Labute approximate surface area is 120 Å². The summed E-state index contributed by atoms with van der Waals surface area (Å²) in [5.41, 5.74) is 2.18. The summed E-state index contributed by atoms with van der Waals surface area (Å²) in [5, 5.41) is 11.5. The van der Waals surface area contributed by atoms with Crippen molar-refractivity contribution in [2.24, 2.45) is 0 Å². The Morgan fingerprint density at radius 2 is 2.20 bits per heavy atom. The highest BCUT2D eigenvalue weighted by molar-refractivity contribution is 5.88. The second-order valence-corrected chi connectivity index (χ2v) is 5.33. The molecular weight excluding hydrogens is 250 g/mol. The summed E-state index contributed by atoms with van der Waals surface area (Å²) >= 11 is 0. The summed E-state index contributed by atoms with van der Waals surface area (Å²) in [6, 6.07) is 10.3. The van der Waals surface area contributed by atoms with Crippen molar-refractivity contribution in [1.82, 2.24) is 4.90 Å². The van der Waals surface area contributed by atoms with Crippen LogP contribution in [0.15, 0.2) is 24.3 Å². The maximum atomic E-state index is 11.1. The van der Waals surface area contributed by atoms with Gasteiger partial charge in [-0.15, -0.1) is 0 Å². The van der Waals surface area contributed by atoms with Crippen LogP contribution in [0.2, 0.25) is 0 Å². The van der Waals surface area contributed by atoms with E-state index in [2.05, 4.69) is 28.4 Å². The summed E-state index contributed by atoms with van der Waals surface area (Å²) in [7, 11) is 0. The van der Waals surface area contributed by atoms with Crippen LogP contribution in [0.25, 0.3) is 0 Å². The summed E-state index contributed by atoms with van der Waals surface area (Å²) in [6.45, 7) is 4.52. The first-order chi connectivity index (χ1) is 9.69. The van der Waals surface area contributed by atoms with Crippen LogP contribution in [-0.2, 0) is 4.79 Å². The van der Waals surface area contributed by atoms with Crippen LogP contribution in [0.3, 0.4) is 0 Å². The van der Waals surface area contributed by atoms with Crippen LogP contribution in [0.4, 0.5) is 5.69 Å². The number of hydrogen-bond donors (Lipinski definition) is 1. The molecule has 0 atom stereocenters. The van der Waals surface area contributed by atoms with Crippen molar-refractivity contribution < 1.29 is 4.79 Å². The van der Waals surface area contributed by atoms with Crippen molar-refractivity contribution in [3.63, 3.8) is 0 Å². The first kappa shape index (κ1) is 14.5. The minimum Gasteiger partial charge on any atom is -0.326 e. The summed E-state index contributed by atoms with van der Waals surface area (Å²) < 4.78 is 0. The number of amides is 1. The zero-order valence-corrected chi connectivity index (χ0v) is 11.9. The fraction of sp³-hybridized carbons (Fsp3) is 0.500. The minimum absolute atomic E-state index is 0.0338. The van der Waals surface area contributed by atoms with Gasteiger partial charge in [0.15, 0.2) is 0 Å². The van der Waals surface area contributed by atoms with Crippen molar-refractivity contribution in [1.29, 1.82) is 5.26 Å². The van der Waals surface area contributed by atoms with Crippen molar-refractivity contribution in [2.45, 2.75) is 32.1 Å². The van der Waals surface area contributed by atoms with E-state index in [1.165, 1.54) is 12.5 Å². The van der Waals surface area contributed by atoms with Gasteiger partial charge in [-0.05, 0) is 49.5 Å². The van der Waals surface area contributed by atoms with Gasteiger partial charge in [0.25, 0.3) is 0 Å². The van der Waals surface area contributed by atoms with Crippen molar-refractivity contribution in [2.75, 3.05) is 25.0 Å². The molecule has 1 amide bonds. The average molecular weight is 271 g/mol. The molecule has 4 nitrogen and oxygen atoms in total. The molecule has 0 bridgehead atoms. The van der Waals surface area contributed by atoms with Crippen LogP contribution in [-0.4, -0.2) is 30.4 Å². The zero-order valence-electron chi connectivity index (χ0n) is 11.9. The van der Waals surface area contributed by atoms with E-state index in [-0.39, 0.29) is 5.91 Å². The first-order valence-corrected chi connectivity index (χ1v) is 7.16. The first-order valence-electron chi connectivity index (χ1n) is 7.16. The fourth-order valence-corrected chi connectivity index (χ4v) is 2.77. The van der Waals surface area contributed by atoms with E-state index in [4.69, 9.17) is 5.26 Å². The molecule has 106 valence electrons. The van der Waals surface area contributed by atoms with Crippen LogP contribution in [0.1, 0.15) is 37.7 Å². The van der Waals surface area contributed by atoms with E-state index in [1.54, 1.807) is 0 Å². The molecule has 0 saturated carbocycles. The molecule has 1 fully saturated rings.